The number of carbonyl (C=O) groups excluding carboxylic acids is 1. The summed E-state index contributed by atoms with van der Waals surface area (Å²) in [5.41, 5.74) is 6.72. The molecule has 0 amide bonds. The number of carbonyl (C=O) groups is 1. The number of morpholine rings is 1. The molecule has 1 N–H and O–H groups in total. The Labute approximate surface area is 119 Å². The van der Waals surface area contributed by atoms with Crippen molar-refractivity contribution in [2.24, 2.45) is 0 Å². The maximum Gasteiger partial charge on any atom is 0.357 e. The highest BCUT2D eigenvalue weighted by molar-refractivity contribution is 5.92. The first kappa shape index (κ1) is 14.7. The van der Waals surface area contributed by atoms with Crippen molar-refractivity contribution in [2.45, 2.75) is 20.8 Å². The van der Waals surface area contributed by atoms with E-state index in [1.165, 1.54) is 0 Å². The zero-order valence-corrected chi connectivity index (χ0v) is 12.7. The fourth-order valence-corrected chi connectivity index (χ4v) is 2.80. The average Bonchev–Trinajstić information content (AvgIpc) is 2.70. The minimum Gasteiger partial charge on any atom is -0.461 e. The predicted octanol–water partition coefficient (Wildman–Crippen LogP) is 1.29. The first-order valence-electron chi connectivity index (χ1n) is 7.01. The molecule has 6 heteroatoms. The number of nitrogens with zero attached hydrogens (tertiary/aromatic N) is 2. The van der Waals surface area contributed by atoms with Crippen LogP contribution in [0.25, 0.3) is 0 Å². The number of aromatic nitrogens is 1. The molecule has 0 aliphatic carbocycles. The van der Waals surface area contributed by atoms with E-state index >= 15 is 0 Å². The molecule has 0 aromatic carbocycles. The van der Waals surface area contributed by atoms with Gasteiger partial charge in [-0.25, -0.2) is 4.79 Å². The quantitative estimate of drug-likeness (QED) is 0.843. The van der Waals surface area contributed by atoms with Crippen LogP contribution in [0, 0.1) is 13.8 Å². The molecule has 0 saturated carbocycles. The van der Waals surface area contributed by atoms with Gasteiger partial charge < -0.3 is 19.8 Å². The van der Waals surface area contributed by atoms with Crippen LogP contribution in [0.4, 0.5) is 5.69 Å². The zero-order valence-electron chi connectivity index (χ0n) is 12.7. The molecule has 1 saturated heterocycles. The lowest BCUT2D eigenvalue weighted by atomic mass is 10.2. The molecule has 0 radical (unpaired) electrons. The number of esters is 1. The van der Waals surface area contributed by atoms with Gasteiger partial charge in [0.2, 0.25) is 0 Å². The lowest BCUT2D eigenvalue weighted by molar-refractivity contribution is 0.0514. The summed E-state index contributed by atoms with van der Waals surface area (Å²) in [4.78, 5) is 14.4. The van der Waals surface area contributed by atoms with Crippen LogP contribution in [0.3, 0.4) is 0 Å². The van der Waals surface area contributed by atoms with Crippen LogP contribution < -0.4 is 10.3 Å². The third-order valence-corrected chi connectivity index (χ3v) is 3.63. The molecule has 2 rings (SSSR count). The maximum atomic E-state index is 12.2. The van der Waals surface area contributed by atoms with Crippen LogP contribution in [-0.2, 0) is 9.47 Å². The first-order chi connectivity index (χ1) is 9.61. The van der Waals surface area contributed by atoms with Crippen LogP contribution >= 0.6 is 0 Å². The second kappa shape index (κ2) is 6.17. The number of ether oxygens (including phenoxy) is 2. The van der Waals surface area contributed by atoms with E-state index < -0.39 is 0 Å². The van der Waals surface area contributed by atoms with E-state index in [0.29, 0.717) is 12.3 Å². The van der Waals surface area contributed by atoms with Crippen LogP contribution in [0.5, 0.6) is 0 Å². The smallest absolute Gasteiger partial charge is 0.357 e. The lowest BCUT2D eigenvalue weighted by Crippen LogP contribution is -2.36. The molecule has 0 spiro atoms. The zero-order chi connectivity index (χ0) is 14.7. The number of rotatable bonds is 4. The van der Waals surface area contributed by atoms with E-state index in [0.717, 1.165) is 43.2 Å². The Morgan fingerprint density at radius 1 is 1.35 bits per heavy atom. The van der Waals surface area contributed by atoms with Gasteiger partial charge in [-0.3, -0.25) is 4.68 Å². The number of hydrogen-bond donors (Lipinski definition) is 1. The van der Waals surface area contributed by atoms with E-state index in [1.807, 2.05) is 20.8 Å². The fraction of sp³-hybridized carbons (Fsp3) is 0.643. The van der Waals surface area contributed by atoms with E-state index in [-0.39, 0.29) is 5.97 Å². The SMILES string of the molecule is CCOC(=O)c1c(C)c(N2CCOCC2)c(C)n1NC. The summed E-state index contributed by atoms with van der Waals surface area (Å²) in [6.45, 7) is 9.30. The second-order valence-corrected chi connectivity index (χ2v) is 4.79. The highest BCUT2D eigenvalue weighted by atomic mass is 16.5. The number of hydrogen-bond acceptors (Lipinski definition) is 5. The monoisotopic (exact) mass is 281 g/mol. The Kier molecular flexibility index (Phi) is 4.54. The minimum atomic E-state index is -0.290. The Hall–Kier alpha value is -1.69. The molecule has 112 valence electrons. The van der Waals surface area contributed by atoms with Crippen molar-refractivity contribution in [3.8, 4) is 0 Å². The third kappa shape index (κ3) is 2.47. The normalized spacial score (nSPS) is 15.3. The van der Waals surface area contributed by atoms with E-state index in [1.54, 1.807) is 11.7 Å². The van der Waals surface area contributed by atoms with Crippen molar-refractivity contribution in [2.75, 3.05) is 50.3 Å². The highest BCUT2D eigenvalue weighted by Gasteiger charge is 2.27. The van der Waals surface area contributed by atoms with Crippen molar-refractivity contribution in [3.63, 3.8) is 0 Å². The number of anilines is 1. The lowest BCUT2D eigenvalue weighted by Gasteiger charge is -2.29. The highest BCUT2D eigenvalue weighted by Crippen LogP contribution is 2.31. The van der Waals surface area contributed by atoms with Crippen molar-refractivity contribution in [3.05, 3.63) is 17.0 Å². The Bertz CT molecular complexity index is 490. The van der Waals surface area contributed by atoms with Gasteiger partial charge in [-0.15, -0.1) is 0 Å². The summed E-state index contributed by atoms with van der Waals surface area (Å²) in [5, 5.41) is 0. The van der Waals surface area contributed by atoms with Crippen LogP contribution in [0.15, 0.2) is 0 Å². The fourth-order valence-electron chi connectivity index (χ4n) is 2.80. The third-order valence-electron chi connectivity index (χ3n) is 3.63. The Balaban J connectivity index is 2.44. The van der Waals surface area contributed by atoms with Crippen molar-refractivity contribution in [1.29, 1.82) is 0 Å². The molecule has 6 nitrogen and oxygen atoms in total. The van der Waals surface area contributed by atoms with Gasteiger partial charge in [-0.1, -0.05) is 0 Å². The van der Waals surface area contributed by atoms with Gasteiger partial charge >= 0.3 is 5.97 Å². The van der Waals surface area contributed by atoms with Crippen LogP contribution in [0.1, 0.15) is 28.7 Å². The molecule has 0 bridgehead atoms. The minimum absolute atomic E-state index is 0.290. The molecule has 0 atom stereocenters. The summed E-state index contributed by atoms with van der Waals surface area (Å²) in [5.74, 6) is -0.290. The first-order valence-corrected chi connectivity index (χ1v) is 7.01. The van der Waals surface area contributed by atoms with E-state index in [4.69, 9.17) is 9.47 Å². The molecular weight excluding hydrogens is 258 g/mol. The van der Waals surface area contributed by atoms with E-state index in [2.05, 4.69) is 10.3 Å². The van der Waals surface area contributed by atoms with Crippen molar-refractivity contribution < 1.29 is 14.3 Å². The van der Waals surface area contributed by atoms with Crippen LogP contribution in [0.2, 0.25) is 0 Å². The van der Waals surface area contributed by atoms with Gasteiger partial charge in [0.05, 0.1) is 31.2 Å². The standard InChI is InChI=1S/C14H23N3O3/c1-5-20-14(18)13-10(2)12(11(3)17(13)15-4)16-6-8-19-9-7-16/h15H,5-9H2,1-4H3. The summed E-state index contributed by atoms with van der Waals surface area (Å²) in [6, 6.07) is 0. The molecular formula is C14H23N3O3. The summed E-state index contributed by atoms with van der Waals surface area (Å²) in [7, 11) is 1.80. The maximum absolute atomic E-state index is 12.2. The van der Waals surface area contributed by atoms with Gasteiger partial charge in [0.1, 0.15) is 0 Å². The van der Waals surface area contributed by atoms with Crippen molar-refractivity contribution in [1.82, 2.24) is 4.68 Å². The number of nitrogens with one attached hydrogen (secondary N) is 1. The van der Waals surface area contributed by atoms with Crippen LogP contribution in [-0.4, -0.2) is 50.6 Å². The largest absolute Gasteiger partial charge is 0.461 e. The molecule has 2 heterocycles. The van der Waals surface area contributed by atoms with Gasteiger partial charge in [-0.05, 0) is 20.8 Å². The molecule has 1 aromatic heterocycles. The molecule has 1 aliphatic rings. The molecule has 1 aliphatic heterocycles. The molecule has 20 heavy (non-hydrogen) atoms. The topological polar surface area (TPSA) is 55.7 Å². The summed E-state index contributed by atoms with van der Waals surface area (Å²) in [6.07, 6.45) is 0. The predicted molar refractivity (Wildman–Crippen MR) is 78.2 cm³/mol. The van der Waals surface area contributed by atoms with E-state index in [9.17, 15) is 4.79 Å². The summed E-state index contributed by atoms with van der Waals surface area (Å²) < 4.78 is 12.4. The van der Waals surface area contributed by atoms with Gasteiger partial charge in [0.25, 0.3) is 0 Å². The molecule has 1 fully saturated rings. The van der Waals surface area contributed by atoms with Gasteiger partial charge in [0, 0.05) is 25.7 Å². The molecule has 0 unspecified atom stereocenters. The van der Waals surface area contributed by atoms with Crippen molar-refractivity contribution >= 4 is 11.7 Å². The van der Waals surface area contributed by atoms with Gasteiger partial charge in [0.15, 0.2) is 5.69 Å². The molecule has 1 aromatic rings. The summed E-state index contributed by atoms with van der Waals surface area (Å²) >= 11 is 0. The Morgan fingerprint density at radius 2 is 2.00 bits per heavy atom. The second-order valence-electron chi connectivity index (χ2n) is 4.79. The Morgan fingerprint density at radius 3 is 2.55 bits per heavy atom. The average molecular weight is 281 g/mol. The van der Waals surface area contributed by atoms with Gasteiger partial charge in [-0.2, -0.15) is 0 Å².